The van der Waals surface area contributed by atoms with Crippen molar-refractivity contribution >= 4 is 34.9 Å². The van der Waals surface area contributed by atoms with E-state index < -0.39 is 6.03 Å². The summed E-state index contributed by atoms with van der Waals surface area (Å²) in [5.41, 5.74) is 12.8. The van der Waals surface area contributed by atoms with Crippen molar-refractivity contribution in [2.24, 2.45) is 11.7 Å². The first-order valence-electron chi connectivity index (χ1n) is 14.1. The summed E-state index contributed by atoms with van der Waals surface area (Å²) in [7, 11) is 0. The number of hydrogen-bond acceptors (Lipinski definition) is 4. The van der Waals surface area contributed by atoms with E-state index in [-0.39, 0.29) is 5.41 Å². The van der Waals surface area contributed by atoms with Gasteiger partial charge in [-0.1, -0.05) is 75.2 Å². The van der Waals surface area contributed by atoms with E-state index in [2.05, 4.69) is 50.9 Å². The first-order valence-corrected chi connectivity index (χ1v) is 14.9. The Labute approximate surface area is 257 Å². The van der Waals surface area contributed by atoms with E-state index in [1.165, 1.54) is 0 Å². The molecule has 2 amide bonds. The van der Waals surface area contributed by atoms with Crippen LogP contribution in [0.4, 0.5) is 10.5 Å². The lowest BCUT2D eigenvalue weighted by Gasteiger charge is -2.37. The quantitative estimate of drug-likeness (QED) is 0.213. The second-order valence-corrected chi connectivity index (χ2v) is 12.9. The molecule has 0 aliphatic carbocycles. The Kier molecular flexibility index (Phi) is 8.56. The highest BCUT2D eigenvalue weighted by atomic mass is 35.5. The molecule has 0 unspecified atom stereocenters. The van der Waals surface area contributed by atoms with E-state index in [9.17, 15) is 4.79 Å². The van der Waals surface area contributed by atoms with Crippen LogP contribution in [0.3, 0.4) is 0 Å². The molecule has 3 aromatic carbocycles. The lowest BCUT2D eigenvalue weighted by Crippen LogP contribution is -2.41. The number of aromatic nitrogens is 2. The number of halogens is 2. The average Bonchev–Trinajstić information content (AvgIpc) is 3.29. The van der Waals surface area contributed by atoms with Crippen molar-refractivity contribution in [2.45, 2.75) is 53.1 Å². The summed E-state index contributed by atoms with van der Waals surface area (Å²) >= 11 is 12.9. The van der Waals surface area contributed by atoms with Gasteiger partial charge in [-0.25, -0.2) is 9.48 Å². The van der Waals surface area contributed by atoms with Crippen molar-refractivity contribution in [2.75, 3.05) is 18.5 Å². The van der Waals surface area contributed by atoms with Crippen LogP contribution in [0.25, 0.3) is 16.9 Å². The van der Waals surface area contributed by atoms with Gasteiger partial charge in [-0.3, -0.25) is 4.90 Å². The van der Waals surface area contributed by atoms with Crippen LogP contribution in [0.1, 0.15) is 50.1 Å². The second kappa shape index (κ2) is 12.0. The van der Waals surface area contributed by atoms with Crippen molar-refractivity contribution in [3.8, 4) is 22.7 Å². The van der Waals surface area contributed by atoms with Crippen LogP contribution in [-0.4, -0.2) is 33.9 Å². The molecule has 42 heavy (non-hydrogen) atoms. The predicted molar refractivity (Wildman–Crippen MR) is 171 cm³/mol. The number of amides is 2. The van der Waals surface area contributed by atoms with Gasteiger partial charge in [0.15, 0.2) is 0 Å². The minimum atomic E-state index is -0.603. The maximum absolute atomic E-state index is 11.5. The van der Waals surface area contributed by atoms with Gasteiger partial charge < -0.3 is 15.8 Å². The fraction of sp³-hybridized carbons (Fsp3) is 0.333. The monoisotopic (exact) mass is 605 g/mol. The number of fused-ring (bicyclic) bond motifs is 1. The van der Waals surface area contributed by atoms with E-state index in [0.717, 1.165) is 51.6 Å². The number of rotatable bonds is 8. The third kappa shape index (κ3) is 6.28. The number of nitrogens with two attached hydrogens (primary N) is 1. The van der Waals surface area contributed by atoms with Crippen molar-refractivity contribution < 1.29 is 9.53 Å². The summed E-state index contributed by atoms with van der Waals surface area (Å²) in [6.45, 7) is 13.5. The highest BCUT2D eigenvalue weighted by Gasteiger charge is 2.38. The Hall–Kier alpha value is -3.52. The van der Waals surface area contributed by atoms with Crippen LogP contribution < -0.4 is 15.8 Å². The number of nitrogens with zero attached hydrogens (tertiary/aromatic N) is 3. The third-order valence-corrected chi connectivity index (χ3v) is 8.04. The Morgan fingerprint density at radius 3 is 2.55 bits per heavy atom. The van der Waals surface area contributed by atoms with Crippen LogP contribution >= 0.6 is 23.2 Å². The topological polar surface area (TPSA) is 85.4 Å². The van der Waals surface area contributed by atoms with Crippen LogP contribution in [-0.2, 0) is 18.5 Å². The number of para-hydroxylation sites is 1. The molecule has 1 aliphatic heterocycles. The number of primary amides is 1. The number of anilines is 1. The molecule has 0 fully saturated rings. The minimum Gasteiger partial charge on any atom is -0.491 e. The van der Waals surface area contributed by atoms with Crippen LogP contribution in [0.5, 0.6) is 5.75 Å². The Balaban J connectivity index is 1.67. The SMILES string of the molecule is Cc1cccc(OCC(C)C)c1-n1nc2c(c1-c1ccc(NC(N)=O)cc1)CN(Cc1cc(Cl)ccc1Cl)CC2(C)C. The molecule has 4 aromatic rings. The molecule has 220 valence electrons. The zero-order valence-electron chi connectivity index (χ0n) is 24.7. The lowest BCUT2D eigenvalue weighted by molar-refractivity contribution is 0.184. The van der Waals surface area contributed by atoms with Crippen LogP contribution in [0, 0.1) is 12.8 Å². The molecule has 1 aliphatic rings. The van der Waals surface area contributed by atoms with E-state index in [4.69, 9.17) is 38.8 Å². The fourth-order valence-electron chi connectivity index (χ4n) is 5.66. The summed E-state index contributed by atoms with van der Waals surface area (Å²) in [6, 6.07) is 18.8. The third-order valence-electron chi connectivity index (χ3n) is 7.44. The number of benzene rings is 3. The number of hydrogen-bond donors (Lipinski definition) is 2. The minimum absolute atomic E-state index is 0.256. The largest absolute Gasteiger partial charge is 0.491 e. The maximum atomic E-state index is 11.5. The number of urea groups is 1. The van der Waals surface area contributed by atoms with Gasteiger partial charge >= 0.3 is 6.03 Å². The van der Waals surface area contributed by atoms with Gasteiger partial charge in [0.05, 0.1) is 18.0 Å². The molecular weight excluding hydrogens is 569 g/mol. The molecule has 0 radical (unpaired) electrons. The molecule has 7 nitrogen and oxygen atoms in total. The number of nitrogens with one attached hydrogen (secondary N) is 1. The van der Waals surface area contributed by atoms with Gasteiger partial charge in [0.25, 0.3) is 0 Å². The number of carbonyl (C=O) groups excluding carboxylic acids is 1. The summed E-state index contributed by atoms with van der Waals surface area (Å²) < 4.78 is 8.38. The molecular formula is C33H37Cl2N5O2. The van der Waals surface area contributed by atoms with Gasteiger partial charge in [-0.2, -0.15) is 5.10 Å². The highest BCUT2D eigenvalue weighted by molar-refractivity contribution is 6.33. The normalized spacial score (nSPS) is 14.6. The van der Waals surface area contributed by atoms with Crippen molar-refractivity contribution in [3.63, 3.8) is 0 Å². The first-order chi connectivity index (χ1) is 19.9. The van der Waals surface area contributed by atoms with Crippen molar-refractivity contribution in [3.05, 3.63) is 93.1 Å². The summed E-state index contributed by atoms with van der Waals surface area (Å²) in [6.07, 6.45) is 0. The van der Waals surface area contributed by atoms with Gasteiger partial charge in [0.2, 0.25) is 0 Å². The zero-order chi connectivity index (χ0) is 30.2. The average molecular weight is 607 g/mol. The van der Waals surface area contributed by atoms with Crippen LogP contribution in [0.15, 0.2) is 60.7 Å². The summed E-state index contributed by atoms with van der Waals surface area (Å²) in [5, 5.41) is 9.33. The second-order valence-electron chi connectivity index (χ2n) is 12.0. The number of ether oxygens (including phenoxy) is 1. The molecule has 1 aromatic heterocycles. The molecule has 0 saturated heterocycles. The standard InChI is InChI=1S/C33H37Cl2N5O2/c1-20(2)18-42-28-8-6-7-21(3)29(28)40-30(22-9-12-25(13-10-22)37-32(36)41)26-17-39(19-33(4,5)31(26)38-40)16-23-15-24(34)11-14-27(23)35/h6-15,20H,16-19H2,1-5H3,(H3,36,37,41). The van der Waals surface area contributed by atoms with E-state index >= 15 is 0 Å². The fourth-order valence-corrected chi connectivity index (χ4v) is 6.03. The van der Waals surface area contributed by atoms with Gasteiger partial charge in [-0.05, 0) is 60.4 Å². The molecule has 9 heteroatoms. The van der Waals surface area contributed by atoms with Gasteiger partial charge in [0.1, 0.15) is 11.4 Å². The number of carbonyl (C=O) groups is 1. The molecule has 3 N–H and O–H groups in total. The Morgan fingerprint density at radius 1 is 1.12 bits per heavy atom. The summed E-state index contributed by atoms with van der Waals surface area (Å²) in [5.74, 6) is 1.16. The summed E-state index contributed by atoms with van der Waals surface area (Å²) in [4.78, 5) is 13.9. The van der Waals surface area contributed by atoms with E-state index in [0.29, 0.717) is 41.3 Å². The molecule has 2 heterocycles. The van der Waals surface area contributed by atoms with Crippen molar-refractivity contribution in [1.82, 2.24) is 14.7 Å². The molecule has 0 saturated carbocycles. The first kappa shape index (κ1) is 30.0. The predicted octanol–water partition coefficient (Wildman–Crippen LogP) is 7.97. The van der Waals surface area contributed by atoms with E-state index in [1.54, 1.807) is 0 Å². The Bertz CT molecular complexity index is 1610. The van der Waals surface area contributed by atoms with Gasteiger partial charge in [0, 0.05) is 51.9 Å². The van der Waals surface area contributed by atoms with Crippen molar-refractivity contribution in [1.29, 1.82) is 0 Å². The Morgan fingerprint density at radius 2 is 1.86 bits per heavy atom. The molecule has 0 atom stereocenters. The molecule has 0 spiro atoms. The lowest BCUT2D eigenvalue weighted by atomic mass is 9.81. The smallest absolute Gasteiger partial charge is 0.316 e. The van der Waals surface area contributed by atoms with Gasteiger partial charge in [-0.15, -0.1) is 0 Å². The maximum Gasteiger partial charge on any atom is 0.316 e. The highest BCUT2D eigenvalue weighted by Crippen LogP contribution is 2.42. The van der Waals surface area contributed by atoms with E-state index in [1.807, 2.05) is 59.3 Å². The number of aryl methyl sites for hydroxylation is 1. The van der Waals surface area contributed by atoms with Crippen LogP contribution in [0.2, 0.25) is 10.0 Å². The molecule has 0 bridgehead atoms. The zero-order valence-corrected chi connectivity index (χ0v) is 26.2. The molecule has 5 rings (SSSR count).